The molecule has 0 radical (unpaired) electrons. The maximum Gasteiger partial charge on any atom is 0.269 e. The molecule has 4 nitrogen and oxygen atoms in total. The number of allylic oxidation sites excluding steroid dienone is 2. The number of Topliss-reactive ketones (excluding diaryl/α,β-unsaturated/α-hetero) is 1. The number of nitrogens with zero attached hydrogens (tertiary/aromatic N) is 1. The summed E-state index contributed by atoms with van der Waals surface area (Å²) in [5.74, 6) is 0.679. The second kappa shape index (κ2) is 6.14. The zero-order chi connectivity index (χ0) is 15.6. The van der Waals surface area contributed by atoms with Crippen LogP contribution in [-0.4, -0.2) is 30.9 Å². The normalized spacial score (nSPS) is 32.2. The lowest BCUT2D eigenvalue weighted by Gasteiger charge is -2.40. The van der Waals surface area contributed by atoms with Crippen molar-refractivity contribution in [1.82, 2.24) is 5.06 Å². The summed E-state index contributed by atoms with van der Waals surface area (Å²) in [5.41, 5.74) is 0.972. The molecule has 2 aliphatic rings. The Hall–Kier alpha value is -1.42. The highest BCUT2D eigenvalue weighted by Crippen LogP contribution is 2.56. The first kappa shape index (κ1) is 16.0. The summed E-state index contributed by atoms with van der Waals surface area (Å²) in [6.45, 7) is 6.36. The van der Waals surface area contributed by atoms with Crippen molar-refractivity contribution >= 4 is 11.7 Å². The highest BCUT2D eigenvalue weighted by atomic mass is 16.7. The van der Waals surface area contributed by atoms with Gasteiger partial charge in [-0.05, 0) is 37.0 Å². The fraction of sp³-hybridized carbons (Fsp3) is 0.647. The van der Waals surface area contributed by atoms with E-state index in [1.165, 1.54) is 18.2 Å². The predicted molar refractivity (Wildman–Crippen MR) is 81.2 cm³/mol. The number of likely N-dealkylation sites (N-methyl/N-ethyl adjacent to an activating group) is 1. The molecule has 0 aromatic rings. The van der Waals surface area contributed by atoms with Crippen LogP contribution in [0.15, 0.2) is 24.3 Å². The molecule has 2 aliphatic carbocycles. The highest BCUT2D eigenvalue weighted by molar-refractivity contribution is 5.87. The van der Waals surface area contributed by atoms with Gasteiger partial charge in [0.2, 0.25) is 0 Å². The minimum Gasteiger partial charge on any atom is -0.299 e. The molecule has 0 unspecified atom stereocenters. The van der Waals surface area contributed by atoms with Crippen LogP contribution in [0.5, 0.6) is 0 Å². The fourth-order valence-electron chi connectivity index (χ4n) is 4.03. The molecule has 0 bridgehead atoms. The molecule has 2 rings (SSSR count). The summed E-state index contributed by atoms with van der Waals surface area (Å²) in [6, 6.07) is 0. The predicted octanol–water partition coefficient (Wildman–Crippen LogP) is 2.90. The van der Waals surface area contributed by atoms with Gasteiger partial charge in [0.25, 0.3) is 5.91 Å². The van der Waals surface area contributed by atoms with Crippen LogP contribution >= 0.6 is 0 Å². The molecular formula is C17H25NO3. The van der Waals surface area contributed by atoms with Gasteiger partial charge in [-0.2, -0.15) is 0 Å². The third kappa shape index (κ3) is 2.95. The van der Waals surface area contributed by atoms with E-state index in [0.29, 0.717) is 11.7 Å². The van der Waals surface area contributed by atoms with Crippen molar-refractivity contribution in [3.8, 4) is 0 Å². The largest absolute Gasteiger partial charge is 0.299 e. The molecule has 0 aliphatic heterocycles. The molecule has 116 valence electrons. The Morgan fingerprint density at radius 2 is 2.14 bits per heavy atom. The van der Waals surface area contributed by atoms with Gasteiger partial charge in [-0.15, -0.1) is 0 Å². The first-order chi connectivity index (χ1) is 9.90. The van der Waals surface area contributed by atoms with E-state index < -0.39 is 0 Å². The molecule has 2 saturated carbocycles. The van der Waals surface area contributed by atoms with E-state index in [-0.39, 0.29) is 17.2 Å². The van der Waals surface area contributed by atoms with Crippen molar-refractivity contribution in [2.75, 3.05) is 14.2 Å². The van der Waals surface area contributed by atoms with Crippen molar-refractivity contribution in [2.45, 2.75) is 39.0 Å². The Bertz CT molecular complexity index is 482. The van der Waals surface area contributed by atoms with E-state index >= 15 is 0 Å². The van der Waals surface area contributed by atoms with Gasteiger partial charge in [0.15, 0.2) is 0 Å². The number of hydrogen-bond acceptors (Lipinski definition) is 3. The second-order valence-corrected chi connectivity index (χ2v) is 6.43. The standard InChI is InChI=1S/C17H25NO3/c1-12(7-10-16(20)18(3)21-4)13-8-9-14-15(19)6-5-11-17(13,14)2/h7,10,13-14H,1,5-6,8-9,11H2,2-4H3/t13-,14+,17-/m1/s1. The second-order valence-electron chi connectivity index (χ2n) is 6.43. The Kier molecular flexibility index (Phi) is 4.67. The average Bonchev–Trinajstić information content (AvgIpc) is 2.82. The molecule has 0 N–H and O–H groups in total. The maximum absolute atomic E-state index is 12.1. The lowest BCUT2D eigenvalue weighted by Crippen LogP contribution is -2.37. The third-order valence-corrected chi connectivity index (χ3v) is 5.34. The van der Waals surface area contributed by atoms with Crippen molar-refractivity contribution < 1.29 is 14.4 Å². The van der Waals surface area contributed by atoms with E-state index in [1.807, 2.05) is 0 Å². The number of rotatable bonds is 4. The van der Waals surface area contributed by atoms with Gasteiger partial charge in [0.05, 0.1) is 7.11 Å². The number of fused-ring (bicyclic) bond motifs is 1. The SMILES string of the molecule is C=C(C=CC(=O)N(C)OC)[C@H]1CC[C@H]2C(=O)CCC[C@]12C. The summed E-state index contributed by atoms with van der Waals surface area (Å²) in [7, 11) is 3.03. The van der Waals surface area contributed by atoms with Crippen LogP contribution in [0.1, 0.15) is 39.0 Å². The molecule has 21 heavy (non-hydrogen) atoms. The Labute approximate surface area is 126 Å². The van der Waals surface area contributed by atoms with Gasteiger partial charge in [0, 0.05) is 25.5 Å². The summed E-state index contributed by atoms with van der Waals surface area (Å²) in [5, 5.41) is 1.17. The minimum absolute atomic E-state index is 0.0208. The lowest BCUT2D eigenvalue weighted by molar-refractivity contribution is -0.162. The quantitative estimate of drug-likeness (QED) is 0.454. The van der Waals surface area contributed by atoms with Crippen LogP contribution < -0.4 is 0 Å². The summed E-state index contributed by atoms with van der Waals surface area (Å²) >= 11 is 0. The molecule has 0 spiro atoms. The zero-order valence-corrected chi connectivity index (χ0v) is 13.2. The smallest absolute Gasteiger partial charge is 0.269 e. The summed E-state index contributed by atoms with van der Waals surface area (Å²) in [6.07, 6.45) is 8.01. The van der Waals surface area contributed by atoms with Gasteiger partial charge in [-0.25, -0.2) is 5.06 Å². The van der Waals surface area contributed by atoms with E-state index in [0.717, 1.165) is 37.7 Å². The minimum atomic E-state index is -0.210. The molecule has 2 fully saturated rings. The van der Waals surface area contributed by atoms with Crippen LogP contribution in [-0.2, 0) is 14.4 Å². The van der Waals surface area contributed by atoms with Crippen molar-refractivity contribution in [2.24, 2.45) is 17.3 Å². The maximum atomic E-state index is 12.1. The summed E-state index contributed by atoms with van der Waals surface area (Å²) < 4.78 is 0. The molecule has 3 atom stereocenters. The summed E-state index contributed by atoms with van der Waals surface area (Å²) in [4.78, 5) is 28.7. The topological polar surface area (TPSA) is 46.6 Å². The number of hydroxylamine groups is 2. The monoisotopic (exact) mass is 291 g/mol. The lowest BCUT2D eigenvalue weighted by atomic mass is 9.63. The Morgan fingerprint density at radius 3 is 2.81 bits per heavy atom. The van der Waals surface area contributed by atoms with Gasteiger partial charge in [-0.3, -0.25) is 14.4 Å². The number of ketones is 1. The number of carbonyl (C=O) groups is 2. The molecule has 4 heteroatoms. The number of hydrogen-bond donors (Lipinski definition) is 0. The highest BCUT2D eigenvalue weighted by Gasteiger charge is 2.51. The molecule has 0 aromatic heterocycles. The van der Waals surface area contributed by atoms with Gasteiger partial charge >= 0.3 is 0 Å². The van der Waals surface area contributed by atoms with Crippen molar-refractivity contribution in [3.63, 3.8) is 0 Å². The Morgan fingerprint density at radius 1 is 1.43 bits per heavy atom. The molecule has 0 heterocycles. The van der Waals surface area contributed by atoms with Gasteiger partial charge in [0.1, 0.15) is 5.78 Å². The average molecular weight is 291 g/mol. The van der Waals surface area contributed by atoms with E-state index in [2.05, 4.69) is 13.5 Å². The molecular weight excluding hydrogens is 266 g/mol. The van der Waals surface area contributed by atoms with Crippen LogP contribution in [0.4, 0.5) is 0 Å². The molecule has 1 amide bonds. The van der Waals surface area contributed by atoms with Crippen LogP contribution in [0.25, 0.3) is 0 Å². The van der Waals surface area contributed by atoms with Crippen LogP contribution in [0.2, 0.25) is 0 Å². The van der Waals surface area contributed by atoms with Crippen molar-refractivity contribution in [1.29, 1.82) is 0 Å². The first-order valence-electron chi connectivity index (χ1n) is 7.61. The third-order valence-electron chi connectivity index (χ3n) is 5.34. The van der Waals surface area contributed by atoms with E-state index in [4.69, 9.17) is 4.84 Å². The van der Waals surface area contributed by atoms with E-state index in [9.17, 15) is 9.59 Å². The van der Waals surface area contributed by atoms with E-state index in [1.54, 1.807) is 13.1 Å². The van der Waals surface area contributed by atoms with Crippen molar-refractivity contribution in [3.05, 3.63) is 24.3 Å². The molecule has 0 aromatic carbocycles. The number of carbonyl (C=O) groups excluding carboxylic acids is 2. The number of amides is 1. The fourth-order valence-corrected chi connectivity index (χ4v) is 4.03. The van der Waals surface area contributed by atoms with Crippen LogP contribution in [0.3, 0.4) is 0 Å². The Balaban J connectivity index is 2.08. The van der Waals surface area contributed by atoms with Crippen LogP contribution in [0, 0.1) is 17.3 Å². The zero-order valence-electron chi connectivity index (χ0n) is 13.2. The van der Waals surface area contributed by atoms with Gasteiger partial charge in [-0.1, -0.05) is 25.2 Å². The first-order valence-corrected chi connectivity index (χ1v) is 7.61. The molecule has 0 saturated heterocycles. The van der Waals surface area contributed by atoms with Gasteiger partial charge < -0.3 is 0 Å².